The summed E-state index contributed by atoms with van der Waals surface area (Å²) in [4.78, 5) is 25.6. The number of ether oxygens (including phenoxy) is 3. The Morgan fingerprint density at radius 3 is 2.55 bits per heavy atom. The van der Waals surface area contributed by atoms with E-state index in [0.29, 0.717) is 23.7 Å². The molecular formula is C20H23N3O7S. The molecule has 1 aliphatic rings. The Kier molecular flexibility index (Phi) is 6.98. The summed E-state index contributed by atoms with van der Waals surface area (Å²) in [7, 11) is -0.989. The Balaban J connectivity index is 1.60. The number of methoxy groups -OCH3 is 2. The zero-order valence-electron chi connectivity index (χ0n) is 17.1. The van der Waals surface area contributed by atoms with Gasteiger partial charge >= 0.3 is 6.09 Å². The molecule has 0 radical (unpaired) electrons. The molecule has 1 heterocycles. The van der Waals surface area contributed by atoms with Crippen molar-refractivity contribution in [3.63, 3.8) is 0 Å². The monoisotopic (exact) mass is 449 g/mol. The van der Waals surface area contributed by atoms with Gasteiger partial charge in [0, 0.05) is 19.0 Å². The van der Waals surface area contributed by atoms with E-state index in [0.717, 1.165) is 0 Å². The van der Waals surface area contributed by atoms with Crippen LogP contribution in [0.1, 0.15) is 6.42 Å². The molecule has 0 aromatic heterocycles. The van der Waals surface area contributed by atoms with Crippen LogP contribution in [0.5, 0.6) is 11.5 Å². The van der Waals surface area contributed by atoms with E-state index in [1.54, 1.807) is 24.3 Å². The van der Waals surface area contributed by atoms with E-state index in [2.05, 4.69) is 10.0 Å². The molecule has 2 aromatic carbocycles. The van der Waals surface area contributed by atoms with Gasteiger partial charge in [-0.05, 0) is 24.3 Å². The normalized spacial score (nSPS) is 13.6. The van der Waals surface area contributed by atoms with Crippen LogP contribution in [0.2, 0.25) is 0 Å². The molecule has 0 saturated carbocycles. The third-order valence-corrected chi connectivity index (χ3v) is 6.00. The van der Waals surface area contributed by atoms with Crippen LogP contribution in [0, 0.1) is 0 Å². The summed E-state index contributed by atoms with van der Waals surface area (Å²) in [6.45, 7) is 0.548. The van der Waals surface area contributed by atoms with Crippen molar-refractivity contribution in [3.8, 4) is 11.5 Å². The van der Waals surface area contributed by atoms with Crippen molar-refractivity contribution in [2.24, 2.45) is 0 Å². The molecule has 0 bridgehead atoms. The lowest BCUT2D eigenvalue weighted by Crippen LogP contribution is -2.29. The number of carbonyl (C=O) groups excluding carboxylic acids is 2. The topological polar surface area (TPSA) is 123 Å². The fourth-order valence-electron chi connectivity index (χ4n) is 3.01. The predicted octanol–water partition coefficient (Wildman–Crippen LogP) is 1.97. The van der Waals surface area contributed by atoms with Crippen LogP contribution in [-0.2, 0) is 19.6 Å². The van der Waals surface area contributed by atoms with Gasteiger partial charge in [-0.3, -0.25) is 9.69 Å². The largest absolute Gasteiger partial charge is 0.493 e. The number of nitrogens with zero attached hydrogens (tertiary/aromatic N) is 1. The van der Waals surface area contributed by atoms with E-state index in [-0.39, 0.29) is 30.2 Å². The Morgan fingerprint density at radius 1 is 1.13 bits per heavy atom. The van der Waals surface area contributed by atoms with E-state index in [1.165, 1.54) is 37.3 Å². The molecule has 0 aliphatic carbocycles. The minimum absolute atomic E-state index is 0.0107. The van der Waals surface area contributed by atoms with Gasteiger partial charge < -0.3 is 19.5 Å². The molecule has 2 amide bonds. The van der Waals surface area contributed by atoms with Crippen molar-refractivity contribution in [1.29, 1.82) is 0 Å². The molecule has 0 atom stereocenters. The molecule has 0 unspecified atom stereocenters. The minimum Gasteiger partial charge on any atom is -0.493 e. The first-order valence-electron chi connectivity index (χ1n) is 9.40. The van der Waals surface area contributed by atoms with Crippen molar-refractivity contribution in [1.82, 2.24) is 4.72 Å². The molecule has 0 spiro atoms. The standard InChI is InChI=1S/C20H23N3O7S/c1-28-17-8-7-14(13-18(17)29-2)31(26,27)21-10-9-19(24)22-15-5-3-4-6-16(15)23-11-12-30-20(23)25/h3-8,13,21H,9-12H2,1-2H3,(H,22,24). The Labute approximate surface area is 180 Å². The molecule has 2 aromatic rings. The fraction of sp³-hybridized carbons (Fsp3) is 0.300. The number of rotatable bonds is 9. The number of sulfonamides is 1. The molecule has 1 fully saturated rings. The highest BCUT2D eigenvalue weighted by Gasteiger charge is 2.26. The molecule has 10 nitrogen and oxygen atoms in total. The van der Waals surface area contributed by atoms with E-state index < -0.39 is 22.0 Å². The van der Waals surface area contributed by atoms with Crippen molar-refractivity contribution in [3.05, 3.63) is 42.5 Å². The molecule has 166 valence electrons. The molecule has 1 aliphatic heterocycles. The highest BCUT2D eigenvalue weighted by atomic mass is 32.2. The van der Waals surface area contributed by atoms with Crippen LogP contribution in [0.15, 0.2) is 47.4 Å². The van der Waals surface area contributed by atoms with Gasteiger partial charge in [-0.15, -0.1) is 0 Å². The lowest BCUT2D eigenvalue weighted by Gasteiger charge is -2.17. The lowest BCUT2D eigenvalue weighted by molar-refractivity contribution is -0.116. The van der Waals surface area contributed by atoms with E-state index >= 15 is 0 Å². The number of nitrogens with one attached hydrogen (secondary N) is 2. The maximum absolute atomic E-state index is 12.5. The van der Waals surface area contributed by atoms with E-state index in [9.17, 15) is 18.0 Å². The van der Waals surface area contributed by atoms with Crippen LogP contribution in [0.3, 0.4) is 0 Å². The number of para-hydroxylation sites is 2. The summed E-state index contributed by atoms with van der Waals surface area (Å²) >= 11 is 0. The van der Waals surface area contributed by atoms with Crippen molar-refractivity contribution in [2.45, 2.75) is 11.3 Å². The second kappa shape index (κ2) is 9.67. The maximum Gasteiger partial charge on any atom is 0.414 e. The van der Waals surface area contributed by atoms with Gasteiger partial charge in [0.2, 0.25) is 15.9 Å². The quantitative estimate of drug-likeness (QED) is 0.600. The summed E-state index contributed by atoms with van der Waals surface area (Å²) in [5, 5.41) is 2.71. The summed E-state index contributed by atoms with van der Waals surface area (Å²) in [6.07, 6.45) is -0.588. The second-order valence-electron chi connectivity index (χ2n) is 6.50. The Morgan fingerprint density at radius 2 is 1.87 bits per heavy atom. The minimum atomic E-state index is -3.85. The highest BCUT2D eigenvalue weighted by molar-refractivity contribution is 7.89. The van der Waals surface area contributed by atoms with Gasteiger partial charge in [-0.1, -0.05) is 12.1 Å². The second-order valence-corrected chi connectivity index (χ2v) is 8.26. The number of anilines is 2. The third kappa shape index (κ3) is 5.25. The first kappa shape index (κ1) is 22.4. The zero-order valence-corrected chi connectivity index (χ0v) is 17.9. The number of hydrogen-bond acceptors (Lipinski definition) is 7. The summed E-state index contributed by atoms with van der Waals surface area (Å²) in [5.41, 5.74) is 0.957. The Bertz CT molecular complexity index is 1070. The van der Waals surface area contributed by atoms with Crippen LogP contribution >= 0.6 is 0 Å². The summed E-state index contributed by atoms with van der Waals surface area (Å²) in [6, 6.07) is 11.0. The number of amides is 2. The van der Waals surface area contributed by atoms with E-state index in [4.69, 9.17) is 14.2 Å². The SMILES string of the molecule is COc1ccc(S(=O)(=O)NCCC(=O)Nc2ccccc2N2CCOC2=O)cc1OC. The van der Waals surface area contributed by atoms with Gasteiger partial charge in [0.15, 0.2) is 11.5 Å². The average Bonchev–Trinajstić information content (AvgIpc) is 3.19. The van der Waals surface area contributed by atoms with E-state index in [1.807, 2.05) is 0 Å². The Hall–Kier alpha value is -3.31. The molecule has 31 heavy (non-hydrogen) atoms. The number of benzene rings is 2. The predicted molar refractivity (Wildman–Crippen MR) is 113 cm³/mol. The molecule has 1 saturated heterocycles. The molecular weight excluding hydrogens is 426 g/mol. The smallest absolute Gasteiger partial charge is 0.414 e. The maximum atomic E-state index is 12.5. The first-order valence-corrected chi connectivity index (χ1v) is 10.9. The highest BCUT2D eigenvalue weighted by Crippen LogP contribution is 2.30. The van der Waals surface area contributed by atoms with Crippen LogP contribution in [-0.4, -0.2) is 54.3 Å². The van der Waals surface area contributed by atoms with Crippen molar-refractivity contribution < 1.29 is 32.2 Å². The van der Waals surface area contributed by atoms with Gasteiger partial charge in [0.05, 0.1) is 37.0 Å². The van der Waals surface area contributed by atoms with Gasteiger partial charge in [-0.25, -0.2) is 17.9 Å². The van der Waals surface area contributed by atoms with Crippen LogP contribution in [0.4, 0.5) is 16.2 Å². The number of hydrogen-bond donors (Lipinski definition) is 2. The van der Waals surface area contributed by atoms with Gasteiger partial charge in [0.1, 0.15) is 6.61 Å². The fourth-order valence-corrected chi connectivity index (χ4v) is 4.05. The number of carbonyl (C=O) groups is 2. The summed E-state index contributed by atoms with van der Waals surface area (Å²) < 4.78 is 42.6. The molecule has 11 heteroatoms. The van der Waals surface area contributed by atoms with Crippen molar-refractivity contribution in [2.75, 3.05) is 44.1 Å². The molecule has 3 rings (SSSR count). The van der Waals surface area contributed by atoms with Crippen LogP contribution in [0.25, 0.3) is 0 Å². The third-order valence-electron chi connectivity index (χ3n) is 4.54. The van der Waals surface area contributed by atoms with Gasteiger partial charge in [0.25, 0.3) is 0 Å². The molecule has 2 N–H and O–H groups in total. The van der Waals surface area contributed by atoms with Crippen LogP contribution < -0.4 is 24.4 Å². The number of cyclic esters (lactones) is 1. The zero-order chi connectivity index (χ0) is 22.4. The average molecular weight is 449 g/mol. The van der Waals surface area contributed by atoms with Crippen molar-refractivity contribution >= 4 is 33.4 Å². The first-order chi connectivity index (χ1) is 14.9. The lowest BCUT2D eigenvalue weighted by atomic mass is 10.2. The summed E-state index contributed by atoms with van der Waals surface area (Å²) in [5.74, 6) is 0.275. The van der Waals surface area contributed by atoms with Gasteiger partial charge in [-0.2, -0.15) is 0 Å².